The standard InChI is InChI=1S/C23H28N2O3/c1-16-14-24(20-8-5-4-7-18(16)20)15-23(26)25-12-6-9-21(25)19-11-10-17(27-2)13-22(19)28-3/h4-5,7-8,10-11,13,16,21H,6,9,12,14-15H2,1-3H3. The molecule has 0 aliphatic carbocycles. The topological polar surface area (TPSA) is 42.0 Å². The lowest BCUT2D eigenvalue weighted by Gasteiger charge is -2.29. The normalized spacial score (nSPS) is 21.0. The van der Waals surface area contributed by atoms with E-state index in [4.69, 9.17) is 9.47 Å². The van der Waals surface area contributed by atoms with Gasteiger partial charge in [0.15, 0.2) is 0 Å². The van der Waals surface area contributed by atoms with Crippen molar-refractivity contribution in [2.45, 2.75) is 31.7 Å². The Bertz CT molecular complexity index is 867. The first-order valence-electron chi connectivity index (χ1n) is 9.97. The first-order chi connectivity index (χ1) is 13.6. The van der Waals surface area contributed by atoms with Crippen LogP contribution >= 0.6 is 0 Å². The first kappa shape index (κ1) is 18.7. The molecule has 1 fully saturated rings. The second-order valence-electron chi connectivity index (χ2n) is 7.69. The zero-order chi connectivity index (χ0) is 19.7. The van der Waals surface area contributed by atoms with Gasteiger partial charge in [-0.2, -0.15) is 0 Å². The van der Waals surface area contributed by atoms with Crippen molar-refractivity contribution in [2.75, 3.05) is 38.8 Å². The number of hydrogen-bond acceptors (Lipinski definition) is 4. The maximum Gasteiger partial charge on any atom is 0.242 e. The highest BCUT2D eigenvalue weighted by molar-refractivity contribution is 5.83. The lowest BCUT2D eigenvalue weighted by molar-refractivity contribution is -0.130. The Morgan fingerprint density at radius 3 is 2.71 bits per heavy atom. The average Bonchev–Trinajstić information content (AvgIpc) is 3.33. The molecule has 2 aliphatic rings. The number of para-hydroxylation sites is 1. The van der Waals surface area contributed by atoms with Crippen LogP contribution in [0.1, 0.15) is 42.9 Å². The van der Waals surface area contributed by atoms with Gasteiger partial charge in [-0.15, -0.1) is 0 Å². The Labute approximate surface area is 166 Å². The monoisotopic (exact) mass is 380 g/mol. The van der Waals surface area contributed by atoms with E-state index in [1.807, 2.05) is 23.1 Å². The van der Waals surface area contributed by atoms with Crippen LogP contribution in [0, 0.1) is 0 Å². The highest BCUT2D eigenvalue weighted by atomic mass is 16.5. The number of amides is 1. The predicted molar refractivity (Wildman–Crippen MR) is 110 cm³/mol. The van der Waals surface area contributed by atoms with E-state index in [-0.39, 0.29) is 11.9 Å². The van der Waals surface area contributed by atoms with Gasteiger partial charge < -0.3 is 19.3 Å². The molecule has 2 aromatic rings. The molecular weight excluding hydrogens is 352 g/mol. The summed E-state index contributed by atoms with van der Waals surface area (Å²) in [4.78, 5) is 17.5. The summed E-state index contributed by atoms with van der Waals surface area (Å²) in [6, 6.07) is 14.4. The fourth-order valence-electron chi connectivity index (χ4n) is 4.61. The highest BCUT2D eigenvalue weighted by Gasteiger charge is 2.34. The summed E-state index contributed by atoms with van der Waals surface area (Å²) < 4.78 is 10.9. The number of likely N-dealkylation sites (tertiary alicyclic amines) is 1. The van der Waals surface area contributed by atoms with Crippen LogP contribution in [0.15, 0.2) is 42.5 Å². The smallest absolute Gasteiger partial charge is 0.242 e. The largest absolute Gasteiger partial charge is 0.497 e. The summed E-state index contributed by atoms with van der Waals surface area (Å²) in [6.07, 6.45) is 1.97. The van der Waals surface area contributed by atoms with Crippen LogP contribution in [0.4, 0.5) is 5.69 Å². The van der Waals surface area contributed by atoms with Gasteiger partial charge in [0.2, 0.25) is 5.91 Å². The molecule has 2 aliphatic heterocycles. The number of ether oxygens (including phenoxy) is 2. The molecule has 0 N–H and O–H groups in total. The molecule has 1 saturated heterocycles. The number of benzene rings is 2. The number of nitrogens with zero attached hydrogens (tertiary/aromatic N) is 2. The third-order valence-corrected chi connectivity index (χ3v) is 6.00. The molecule has 0 aromatic heterocycles. The van der Waals surface area contributed by atoms with Crippen molar-refractivity contribution in [1.82, 2.24) is 4.90 Å². The molecule has 28 heavy (non-hydrogen) atoms. The molecule has 1 amide bonds. The molecule has 4 rings (SSSR count). The van der Waals surface area contributed by atoms with Gasteiger partial charge in [-0.05, 0) is 36.6 Å². The van der Waals surface area contributed by atoms with Gasteiger partial charge in [-0.3, -0.25) is 4.79 Å². The van der Waals surface area contributed by atoms with E-state index < -0.39 is 0 Å². The molecule has 0 spiro atoms. The van der Waals surface area contributed by atoms with Crippen molar-refractivity contribution in [1.29, 1.82) is 0 Å². The van der Waals surface area contributed by atoms with Gasteiger partial charge in [0.25, 0.3) is 0 Å². The highest BCUT2D eigenvalue weighted by Crippen LogP contribution is 2.40. The van der Waals surface area contributed by atoms with Crippen LogP contribution in [-0.2, 0) is 4.79 Å². The Hall–Kier alpha value is -2.69. The van der Waals surface area contributed by atoms with Crippen molar-refractivity contribution in [3.63, 3.8) is 0 Å². The second-order valence-corrected chi connectivity index (χ2v) is 7.69. The van der Waals surface area contributed by atoms with Gasteiger partial charge in [0.1, 0.15) is 11.5 Å². The van der Waals surface area contributed by atoms with Gasteiger partial charge in [0, 0.05) is 36.3 Å². The quantitative estimate of drug-likeness (QED) is 0.787. The number of carbonyl (C=O) groups excluding carboxylic acids is 1. The average molecular weight is 380 g/mol. The summed E-state index contributed by atoms with van der Waals surface area (Å²) in [6.45, 7) is 4.35. The summed E-state index contributed by atoms with van der Waals surface area (Å²) in [5.74, 6) is 2.19. The SMILES string of the molecule is COc1ccc(C2CCCN2C(=O)CN2CC(C)c3ccccc32)c(OC)c1. The van der Waals surface area contributed by atoms with E-state index in [9.17, 15) is 4.79 Å². The number of carbonyl (C=O) groups is 1. The van der Waals surface area contributed by atoms with Crippen molar-refractivity contribution in [2.24, 2.45) is 0 Å². The summed E-state index contributed by atoms with van der Waals surface area (Å²) >= 11 is 0. The van der Waals surface area contributed by atoms with E-state index in [2.05, 4.69) is 36.1 Å². The van der Waals surface area contributed by atoms with Crippen LogP contribution < -0.4 is 14.4 Å². The third kappa shape index (κ3) is 3.30. The van der Waals surface area contributed by atoms with Crippen molar-refractivity contribution in [3.8, 4) is 11.5 Å². The molecule has 148 valence electrons. The molecule has 2 aromatic carbocycles. The van der Waals surface area contributed by atoms with Crippen LogP contribution in [0.25, 0.3) is 0 Å². The van der Waals surface area contributed by atoms with Crippen LogP contribution in [0.3, 0.4) is 0 Å². The fourth-order valence-corrected chi connectivity index (χ4v) is 4.61. The Balaban J connectivity index is 1.54. The van der Waals surface area contributed by atoms with Gasteiger partial charge in [-0.1, -0.05) is 25.1 Å². The summed E-state index contributed by atoms with van der Waals surface area (Å²) in [5, 5.41) is 0. The van der Waals surface area contributed by atoms with Crippen molar-refractivity contribution < 1.29 is 14.3 Å². The maximum atomic E-state index is 13.2. The molecule has 0 saturated carbocycles. The van der Waals surface area contributed by atoms with Crippen LogP contribution in [-0.4, -0.2) is 44.7 Å². The van der Waals surface area contributed by atoms with Gasteiger partial charge >= 0.3 is 0 Å². The van der Waals surface area contributed by atoms with Gasteiger partial charge in [0.05, 0.1) is 26.8 Å². The minimum atomic E-state index is 0.0589. The predicted octanol–water partition coefficient (Wildman–Crippen LogP) is 3.99. The number of rotatable bonds is 5. The Kier molecular flexibility index (Phi) is 5.16. The molecule has 0 bridgehead atoms. The number of anilines is 1. The number of fused-ring (bicyclic) bond motifs is 1. The molecule has 2 atom stereocenters. The first-order valence-corrected chi connectivity index (χ1v) is 9.97. The van der Waals surface area contributed by atoms with Gasteiger partial charge in [-0.25, -0.2) is 0 Å². The van der Waals surface area contributed by atoms with E-state index in [1.54, 1.807) is 14.2 Å². The third-order valence-electron chi connectivity index (χ3n) is 6.00. The summed E-state index contributed by atoms with van der Waals surface area (Å²) in [5.41, 5.74) is 3.59. The van der Waals surface area contributed by atoms with Crippen molar-refractivity contribution in [3.05, 3.63) is 53.6 Å². The van der Waals surface area contributed by atoms with Crippen LogP contribution in [0.5, 0.6) is 11.5 Å². The number of hydrogen-bond donors (Lipinski definition) is 0. The fraction of sp³-hybridized carbons (Fsp3) is 0.435. The molecule has 2 unspecified atom stereocenters. The molecule has 5 heteroatoms. The number of methoxy groups -OCH3 is 2. The maximum absolute atomic E-state index is 13.2. The van der Waals surface area contributed by atoms with E-state index in [1.165, 1.54) is 11.3 Å². The zero-order valence-electron chi connectivity index (χ0n) is 16.9. The van der Waals surface area contributed by atoms with Crippen molar-refractivity contribution >= 4 is 11.6 Å². The lowest BCUT2D eigenvalue weighted by Crippen LogP contribution is -2.39. The minimum Gasteiger partial charge on any atom is -0.497 e. The van der Waals surface area contributed by atoms with E-state index in [0.29, 0.717) is 12.5 Å². The molecular formula is C23H28N2O3. The summed E-state index contributed by atoms with van der Waals surface area (Å²) in [7, 11) is 3.32. The minimum absolute atomic E-state index is 0.0589. The Morgan fingerprint density at radius 2 is 1.93 bits per heavy atom. The molecule has 0 radical (unpaired) electrons. The van der Waals surface area contributed by atoms with E-state index in [0.717, 1.165) is 43.0 Å². The van der Waals surface area contributed by atoms with E-state index >= 15 is 0 Å². The van der Waals surface area contributed by atoms with Crippen LogP contribution in [0.2, 0.25) is 0 Å². The second kappa shape index (κ2) is 7.74. The Morgan fingerprint density at radius 1 is 1.11 bits per heavy atom. The molecule has 5 nitrogen and oxygen atoms in total. The lowest BCUT2D eigenvalue weighted by atomic mass is 10.0. The molecule has 2 heterocycles. The zero-order valence-corrected chi connectivity index (χ0v) is 16.9.